The molecule has 0 spiro atoms. The van der Waals surface area contributed by atoms with Crippen LogP contribution in [0.15, 0.2) is 89.8 Å². The van der Waals surface area contributed by atoms with Crippen molar-refractivity contribution < 1.29 is 18.0 Å². The Kier molecular flexibility index (Phi) is 10.3. The number of anilines is 1. The zero-order chi connectivity index (χ0) is 27.7. The van der Waals surface area contributed by atoms with Gasteiger partial charge in [0.2, 0.25) is 11.8 Å². The van der Waals surface area contributed by atoms with Crippen LogP contribution in [0.25, 0.3) is 0 Å². The van der Waals surface area contributed by atoms with E-state index in [0.717, 1.165) is 9.87 Å². The van der Waals surface area contributed by atoms with Crippen molar-refractivity contribution in [2.45, 2.75) is 50.6 Å². The van der Waals surface area contributed by atoms with Gasteiger partial charge < -0.3 is 10.2 Å². The summed E-state index contributed by atoms with van der Waals surface area (Å²) in [5.74, 6) is -0.742. The van der Waals surface area contributed by atoms with Crippen LogP contribution in [0.1, 0.15) is 32.8 Å². The lowest BCUT2D eigenvalue weighted by Crippen LogP contribution is -2.54. The molecule has 7 nitrogen and oxygen atoms in total. The fourth-order valence-electron chi connectivity index (χ4n) is 4.13. The Morgan fingerprint density at radius 2 is 1.47 bits per heavy atom. The molecule has 3 aromatic rings. The van der Waals surface area contributed by atoms with E-state index >= 15 is 0 Å². The molecule has 202 valence electrons. The molecule has 38 heavy (non-hydrogen) atoms. The van der Waals surface area contributed by atoms with Crippen molar-refractivity contribution in [3.05, 3.63) is 95.5 Å². The number of amides is 2. The number of hydrogen-bond acceptors (Lipinski definition) is 4. The van der Waals surface area contributed by atoms with Crippen LogP contribution in [0.2, 0.25) is 5.02 Å². The summed E-state index contributed by atoms with van der Waals surface area (Å²) in [7, 11) is -4.09. The molecule has 1 N–H and O–H groups in total. The number of halogens is 1. The first kappa shape index (κ1) is 29.2. The first-order valence-electron chi connectivity index (χ1n) is 12.6. The molecule has 0 aliphatic heterocycles. The lowest BCUT2D eigenvalue weighted by atomic mass is 10.1. The normalized spacial score (nSPS) is 12.1. The van der Waals surface area contributed by atoms with Gasteiger partial charge in [0, 0.05) is 17.6 Å². The fraction of sp³-hybridized carbons (Fsp3) is 0.310. The van der Waals surface area contributed by atoms with Gasteiger partial charge in [-0.15, -0.1) is 0 Å². The summed E-state index contributed by atoms with van der Waals surface area (Å²) in [6.07, 6.45) is 0.899. The second-order valence-electron chi connectivity index (χ2n) is 9.21. The number of carbonyl (C=O) groups excluding carboxylic acids is 2. The average Bonchev–Trinajstić information content (AvgIpc) is 2.90. The third-order valence-corrected chi connectivity index (χ3v) is 8.07. The summed E-state index contributed by atoms with van der Waals surface area (Å²) in [4.78, 5) is 28.6. The number of benzene rings is 3. The molecule has 0 aromatic heterocycles. The molecule has 9 heteroatoms. The van der Waals surface area contributed by atoms with E-state index in [4.69, 9.17) is 11.6 Å². The smallest absolute Gasteiger partial charge is 0.264 e. The minimum absolute atomic E-state index is 0.0585. The monoisotopic (exact) mass is 555 g/mol. The van der Waals surface area contributed by atoms with E-state index in [2.05, 4.69) is 5.32 Å². The number of nitrogens with zero attached hydrogens (tertiary/aromatic N) is 2. The van der Waals surface area contributed by atoms with Gasteiger partial charge in [0.05, 0.1) is 10.6 Å². The van der Waals surface area contributed by atoms with E-state index in [-0.39, 0.29) is 23.4 Å². The Morgan fingerprint density at radius 3 is 2.03 bits per heavy atom. The second-order valence-corrected chi connectivity index (χ2v) is 11.5. The molecule has 2 amide bonds. The number of nitrogens with one attached hydrogen (secondary N) is 1. The summed E-state index contributed by atoms with van der Waals surface area (Å²) < 4.78 is 28.5. The van der Waals surface area contributed by atoms with Crippen molar-refractivity contribution in [3.63, 3.8) is 0 Å². The highest BCUT2D eigenvalue weighted by Gasteiger charge is 2.33. The van der Waals surface area contributed by atoms with Crippen LogP contribution in [0.4, 0.5) is 5.69 Å². The molecule has 0 fully saturated rings. The first-order chi connectivity index (χ1) is 18.1. The Hall–Kier alpha value is -3.36. The van der Waals surface area contributed by atoms with Crippen LogP contribution in [0.3, 0.4) is 0 Å². The van der Waals surface area contributed by atoms with Crippen LogP contribution in [-0.2, 0) is 26.0 Å². The van der Waals surface area contributed by atoms with E-state index in [9.17, 15) is 18.0 Å². The van der Waals surface area contributed by atoms with E-state index in [1.807, 2.05) is 51.1 Å². The molecule has 0 bridgehead atoms. The van der Waals surface area contributed by atoms with Gasteiger partial charge in [0.25, 0.3) is 10.0 Å². The molecule has 0 saturated carbocycles. The van der Waals surface area contributed by atoms with Crippen LogP contribution in [-0.4, -0.2) is 50.3 Å². The molecule has 3 rings (SSSR count). The standard InChI is InChI=1S/C29H34ClN3O4S/c1-4-27(29(35)31-22(2)3)32(20-19-23-11-7-5-8-12-23)28(34)21-33(25-17-15-24(30)16-18-25)38(36,37)26-13-9-6-10-14-26/h5-18,22,27H,4,19-21H2,1-3H3,(H,31,35)/t27-/m0/s1. The Balaban J connectivity index is 1.99. The maximum Gasteiger partial charge on any atom is 0.264 e. The third-order valence-electron chi connectivity index (χ3n) is 6.03. The zero-order valence-corrected chi connectivity index (χ0v) is 23.5. The fourth-order valence-corrected chi connectivity index (χ4v) is 5.69. The minimum Gasteiger partial charge on any atom is -0.352 e. The summed E-state index contributed by atoms with van der Waals surface area (Å²) in [5.41, 5.74) is 1.31. The molecular formula is C29H34ClN3O4S. The van der Waals surface area contributed by atoms with Crippen molar-refractivity contribution in [3.8, 4) is 0 Å². The van der Waals surface area contributed by atoms with Gasteiger partial charge in [-0.3, -0.25) is 13.9 Å². The molecule has 0 unspecified atom stereocenters. The summed E-state index contributed by atoms with van der Waals surface area (Å²) in [6, 6.07) is 23.0. The maximum atomic E-state index is 13.9. The second kappa shape index (κ2) is 13.4. The van der Waals surface area contributed by atoms with Crippen molar-refractivity contribution in [2.75, 3.05) is 17.4 Å². The van der Waals surface area contributed by atoms with Gasteiger partial charge in [-0.05, 0) is 68.7 Å². The predicted molar refractivity (Wildman–Crippen MR) is 152 cm³/mol. The van der Waals surface area contributed by atoms with Crippen LogP contribution < -0.4 is 9.62 Å². The topological polar surface area (TPSA) is 86.8 Å². The molecule has 0 saturated heterocycles. The van der Waals surface area contributed by atoms with E-state index in [1.54, 1.807) is 42.5 Å². The maximum absolute atomic E-state index is 13.9. The largest absolute Gasteiger partial charge is 0.352 e. The van der Waals surface area contributed by atoms with Gasteiger partial charge in [-0.25, -0.2) is 8.42 Å². The highest BCUT2D eigenvalue weighted by atomic mass is 35.5. The van der Waals surface area contributed by atoms with Gasteiger partial charge in [0.1, 0.15) is 12.6 Å². The van der Waals surface area contributed by atoms with Crippen molar-refractivity contribution in [2.24, 2.45) is 0 Å². The SMILES string of the molecule is CC[C@@H](C(=O)NC(C)C)N(CCc1ccccc1)C(=O)CN(c1ccc(Cl)cc1)S(=O)(=O)c1ccccc1. The van der Waals surface area contributed by atoms with Crippen molar-refractivity contribution in [1.29, 1.82) is 0 Å². The number of rotatable bonds is 12. The first-order valence-corrected chi connectivity index (χ1v) is 14.4. The van der Waals surface area contributed by atoms with Gasteiger partial charge in [-0.1, -0.05) is 67.1 Å². The summed E-state index contributed by atoms with van der Waals surface area (Å²) in [5, 5.41) is 3.34. The van der Waals surface area contributed by atoms with Crippen LogP contribution >= 0.6 is 11.6 Å². The highest BCUT2D eigenvalue weighted by molar-refractivity contribution is 7.92. The third kappa shape index (κ3) is 7.58. The van der Waals surface area contributed by atoms with Crippen LogP contribution in [0.5, 0.6) is 0 Å². The molecule has 0 aliphatic rings. The molecular weight excluding hydrogens is 522 g/mol. The number of sulfonamides is 1. The Bertz CT molecular complexity index is 1300. The summed E-state index contributed by atoms with van der Waals surface area (Å²) in [6.45, 7) is 5.34. The highest BCUT2D eigenvalue weighted by Crippen LogP contribution is 2.26. The lowest BCUT2D eigenvalue weighted by Gasteiger charge is -2.33. The van der Waals surface area contributed by atoms with Gasteiger partial charge in [0.15, 0.2) is 0 Å². The van der Waals surface area contributed by atoms with E-state index in [1.165, 1.54) is 17.0 Å². The minimum atomic E-state index is -4.09. The van der Waals surface area contributed by atoms with Crippen LogP contribution in [0, 0.1) is 0 Å². The average molecular weight is 556 g/mol. The van der Waals surface area contributed by atoms with Crippen molar-refractivity contribution >= 4 is 39.1 Å². The molecule has 3 aromatic carbocycles. The molecule has 0 heterocycles. The van der Waals surface area contributed by atoms with E-state index < -0.39 is 28.5 Å². The Labute approximate surface area is 230 Å². The lowest BCUT2D eigenvalue weighted by molar-refractivity contribution is -0.139. The van der Waals surface area contributed by atoms with Crippen molar-refractivity contribution in [1.82, 2.24) is 10.2 Å². The predicted octanol–water partition coefficient (Wildman–Crippen LogP) is 4.91. The van der Waals surface area contributed by atoms with Gasteiger partial charge >= 0.3 is 0 Å². The molecule has 0 radical (unpaired) electrons. The molecule has 0 aliphatic carbocycles. The Morgan fingerprint density at radius 1 is 0.895 bits per heavy atom. The van der Waals surface area contributed by atoms with E-state index in [0.29, 0.717) is 23.6 Å². The van der Waals surface area contributed by atoms with Gasteiger partial charge in [-0.2, -0.15) is 0 Å². The number of carbonyl (C=O) groups is 2. The molecule has 1 atom stereocenters. The number of hydrogen-bond donors (Lipinski definition) is 1. The zero-order valence-electron chi connectivity index (χ0n) is 21.9. The summed E-state index contributed by atoms with van der Waals surface area (Å²) >= 11 is 6.05. The quantitative estimate of drug-likeness (QED) is 0.344.